The minimum atomic E-state index is 0.425. The van der Waals surface area contributed by atoms with Gasteiger partial charge in [0, 0.05) is 18.5 Å². The average molecular weight is 179 g/mol. The van der Waals surface area contributed by atoms with Crippen molar-refractivity contribution in [1.29, 1.82) is 0 Å². The van der Waals surface area contributed by atoms with E-state index in [0.717, 1.165) is 12.5 Å². The second-order valence-electron chi connectivity index (χ2n) is 4.85. The maximum Gasteiger partial charge on any atom is 0.226 e. The molecule has 13 heavy (non-hydrogen) atoms. The molecule has 0 bridgehead atoms. The van der Waals surface area contributed by atoms with Gasteiger partial charge in [-0.15, -0.1) is 0 Å². The lowest BCUT2D eigenvalue weighted by Crippen LogP contribution is -2.43. The summed E-state index contributed by atoms with van der Waals surface area (Å²) in [4.78, 5) is 14.2. The summed E-state index contributed by atoms with van der Waals surface area (Å²) in [7, 11) is 0. The van der Waals surface area contributed by atoms with Gasteiger partial charge in [0.15, 0.2) is 0 Å². The summed E-state index contributed by atoms with van der Waals surface area (Å²) in [5.74, 6) is 1.69. The fourth-order valence-electron chi connectivity index (χ4n) is 2.61. The van der Waals surface area contributed by atoms with Crippen molar-refractivity contribution in [3.8, 4) is 0 Å². The number of nitrogens with zero attached hydrogens (tertiary/aromatic N) is 1. The van der Waals surface area contributed by atoms with Crippen molar-refractivity contribution in [3.05, 3.63) is 0 Å². The molecule has 1 heterocycles. The molecular formula is C11H17NO. The minimum Gasteiger partial charge on any atom is -0.339 e. The number of rotatable bonds is 2. The zero-order valence-electron chi connectivity index (χ0n) is 8.04. The third-order valence-corrected chi connectivity index (χ3v) is 3.69. The van der Waals surface area contributed by atoms with E-state index in [-0.39, 0.29) is 0 Å². The summed E-state index contributed by atoms with van der Waals surface area (Å²) in [5, 5.41) is 0. The molecule has 0 N–H and O–H groups in total. The Labute approximate surface area is 79.3 Å². The zero-order chi connectivity index (χ0) is 8.84. The fraction of sp³-hybridized carbons (Fsp3) is 0.909. The van der Waals surface area contributed by atoms with E-state index in [4.69, 9.17) is 0 Å². The van der Waals surface area contributed by atoms with Crippen molar-refractivity contribution in [2.75, 3.05) is 6.54 Å². The molecule has 3 aliphatic rings. The van der Waals surface area contributed by atoms with Gasteiger partial charge in [-0.05, 0) is 44.4 Å². The first kappa shape index (κ1) is 7.84. The third kappa shape index (κ3) is 1.36. The second-order valence-corrected chi connectivity index (χ2v) is 4.85. The van der Waals surface area contributed by atoms with Gasteiger partial charge in [0.1, 0.15) is 0 Å². The highest BCUT2D eigenvalue weighted by Gasteiger charge is 2.43. The summed E-state index contributed by atoms with van der Waals surface area (Å²) < 4.78 is 0. The maximum absolute atomic E-state index is 12.0. The van der Waals surface area contributed by atoms with Crippen molar-refractivity contribution in [3.63, 3.8) is 0 Å². The lowest BCUT2D eigenvalue weighted by atomic mass is 9.92. The number of likely N-dealkylation sites (tertiary alicyclic amines) is 1. The lowest BCUT2D eigenvalue weighted by Gasteiger charge is -2.32. The van der Waals surface area contributed by atoms with Crippen LogP contribution in [0, 0.1) is 11.8 Å². The standard InChI is InChI=1S/C11H17NO/c13-11-10(8-3-4-8)2-1-7-12(11)9-5-6-9/h8-10H,1-7H2. The van der Waals surface area contributed by atoms with Gasteiger partial charge in [0.05, 0.1) is 0 Å². The molecule has 2 aliphatic carbocycles. The van der Waals surface area contributed by atoms with Gasteiger partial charge in [-0.25, -0.2) is 0 Å². The molecule has 0 spiro atoms. The van der Waals surface area contributed by atoms with Gasteiger partial charge in [-0.1, -0.05) is 0 Å². The van der Waals surface area contributed by atoms with Crippen LogP contribution in [0.1, 0.15) is 38.5 Å². The predicted octanol–water partition coefficient (Wildman–Crippen LogP) is 1.80. The molecule has 72 valence electrons. The first-order valence-corrected chi connectivity index (χ1v) is 5.67. The Bertz CT molecular complexity index is 208. The highest BCUT2D eigenvalue weighted by molar-refractivity contribution is 5.80. The van der Waals surface area contributed by atoms with Crippen LogP contribution in [-0.2, 0) is 4.79 Å². The molecule has 0 aromatic heterocycles. The van der Waals surface area contributed by atoms with Crippen molar-refractivity contribution in [2.24, 2.45) is 11.8 Å². The van der Waals surface area contributed by atoms with Gasteiger partial charge in [-0.3, -0.25) is 4.79 Å². The van der Waals surface area contributed by atoms with Crippen LogP contribution in [0.15, 0.2) is 0 Å². The third-order valence-electron chi connectivity index (χ3n) is 3.69. The number of hydrogen-bond acceptors (Lipinski definition) is 1. The van der Waals surface area contributed by atoms with Crippen LogP contribution < -0.4 is 0 Å². The van der Waals surface area contributed by atoms with E-state index in [2.05, 4.69) is 4.90 Å². The summed E-state index contributed by atoms with van der Waals surface area (Å²) in [6.45, 7) is 1.05. The number of amides is 1. The van der Waals surface area contributed by atoms with Crippen molar-refractivity contribution < 1.29 is 4.79 Å². The highest BCUT2D eigenvalue weighted by atomic mass is 16.2. The Morgan fingerprint density at radius 1 is 1.08 bits per heavy atom. The van der Waals surface area contributed by atoms with Crippen LogP contribution in [0.5, 0.6) is 0 Å². The number of hydrogen-bond donors (Lipinski definition) is 0. The minimum absolute atomic E-state index is 0.425. The van der Waals surface area contributed by atoms with Gasteiger partial charge < -0.3 is 4.90 Å². The van der Waals surface area contributed by atoms with Crippen molar-refractivity contribution in [2.45, 2.75) is 44.6 Å². The Kier molecular flexibility index (Phi) is 1.64. The predicted molar refractivity (Wildman–Crippen MR) is 50.2 cm³/mol. The largest absolute Gasteiger partial charge is 0.339 e. The normalized spacial score (nSPS) is 35.2. The summed E-state index contributed by atoms with van der Waals surface area (Å²) in [6.07, 6.45) is 7.59. The molecule has 0 aromatic carbocycles. The van der Waals surface area contributed by atoms with Crippen LogP contribution in [0.25, 0.3) is 0 Å². The van der Waals surface area contributed by atoms with E-state index >= 15 is 0 Å². The first-order chi connectivity index (χ1) is 6.36. The molecule has 3 fully saturated rings. The lowest BCUT2D eigenvalue weighted by molar-refractivity contribution is -0.139. The first-order valence-electron chi connectivity index (χ1n) is 5.67. The molecule has 3 rings (SSSR count). The molecule has 0 aromatic rings. The summed E-state index contributed by atoms with van der Waals surface area (Å²) in [6, 6.07) is 0.647. The average Bonchev–Trinajstić information content (AvgIpc) is 3.00. The van der Waals surface area contributed by atoms with Crippen LogP contribution in [0.2, 0.25) is 0 Å². The number of piperidine rings is 1. The van der Waals surface area contributed by atoms with E-state index in [1.54, 1.807) is 0 Å². The quantitative estimate of drug-likeness (QED) is 0.633. The summed E-state index contributed by atoms with van der Waals surface area (Å²) >= 11 is 0. The van der Waals surface area contributed by atoms with Gasteiger partial charge in [0.25, 0.3) is 0 Å². The smallest absolute Gasteiger partial charge is 0.226 e. The van der Waals surface area contributed by atoms with E-state index in [1.807, 2.05) is 0 Å². The van der Waals surface area contributed by atoms with Crippen LogP contribution in [0.4, 0.5) is 0 Å². The molecule has 1 unspecified atom stereocenters. The van der Waals surface area contributed by atoms with E-state index < -0.39 is 0 Å². The SMILES string of the molecule is O=C1C(C2CC2)CCCN1C1CC1. The Hall–Kier alpha value is -0.530. The molecule has 1 atom stereocenters. The zero-order valence-corrected chi connectivity index (χ0v) is 8.04. The number of carbonyl (C=O) groups is 1. The molecule has 1 aliphatic heterocycles. The monoisotopic (exact) mass is 179 g/mol. The molecule has 2 saturated carbocycles. The van der Waals surface area contributed by atoms with Crippen LogP contribution >= 0.6 is 0 Å². The van der Waals surface area contributed by atoms with Gasteiger partial charge in [-0.2, -0.15) is 0 Å². The Balaban J connectivity index is 1.71. The highest BCUT2D eigenvalue weighted by Crippen LogP contribution is 2.43. The molecule has 1 saturated heterocycles. The van der Waals surface area contributed by atoms with Crippen molar-refractivity contribution >= 4 is 5.91 Å². The Morgan fingerprint density at radius 2 is 1.85 bits per heavy atom. The van der Waals surface area contributed by atoms with Gasteiger partial charge >= 0.3 is 0 Å². The van der Waals surface area contributed by atoms with E-state index in [0.29, 0.717) is 17.9 Å². The number of carbonyl (C=O) groups excluding carboxylic acids is 1. The summed E-state index contributed by atoms with van der Waals surface area (Å²) in [5.41, 5.74) is 0. The van der Waals surface area contributed by atoms with Gasteiger partial charge in [0.2, 0.25) is 5.91 Å². The molecule has 2 nitrogen and oxygen atoms in total. The Morgan fingerprint density at radius 3 is 2.46 bits per heavy atom. The van der Waals surface area contributed by atoms with Crippen LogP contribution in [0.3, 0.4) is 0 Å². The topological polar surface area (TPSA) is 20.3 Å². The molecular weight excluding hydrogens is 162 g/mol. The van der Waals surface area contributed by atoms with E-state index in [9.17, 15) is 4.79 Å². The molecule has 2 heteroatoms. The second kappa shape index (κ2) is 2.73. The maximum atomic E-state index is 12.0. The fourth-order valence-corrected chi connectivity index (χ4v) is 2.61. The molecule has 0 radical (unpaired) electrons. The van der Waals surface area contributed by atoms with Crippen LogP contribution in [-0.4, -0.2) is 23.4 Å². The molecule has 1 amide bonds. The van der Waals surface area contributed by atoms with E-state index in [1.165, 1.54) is 38.5 Å². The van der Waals surface area contributed by atoms with Crippen molar-refractivity contribution in [1.82, 2.24) is 4.90 Å².